The molecule has 4 aliphatic rings. The van der Waals surface area contributed by atoms with Crippen LogP contribution in [0.25, 0.3) is 10.1 Å². The zero-order valence-corrected chi connectivity index (χ0v) is 26.6. The van der Waals surface area contributed by atoms with Gasteiger partial charge in [-0.25, -0.2) is 4.79 Å². The summed E-state index contributed by atoms with van der Waals surface area (Å²) in [4.78, 5) is 15.5. The van der Waals surface area contributed by atoms with Crippen molar-refractivity contribution in [1.29, 1.82) is 0 Å². The molecule has 3 heterocycles. The maximum Gasteiger partial charge on any atom is 0.342 e. The van der Waals surface area contributed by atoms with Crippen LogP contribution in [0.4, 0.5) is 5.82 Å². The van der Waals surface area contributed by atoms with Gasteiger partial charge in [-0.3, -0.25) is 9.05 Å². The maximum atomic E-state index is 13.1. The molecule has 1 saturated heterocycles. The molecule has 4 atom stereocenters. The van der Waals surface area contributed by atoms with Crippen LogP contribution in [0.15, 0.2) is 54.6 Å². The minimum atomic E-state index is -0.271. The summed E-state index contributed by atoms with van der Waals surface area (Å²) in [7, 11) is 0. The SMILES string of the molecule is O=C(OC[N+]1(CC2CCCCC2Cn2c(O)c3c(c2O)C2CCC3C2)CCN(c2nsc3ccccc23)CC1)c1ccccc1. The van der Waals surface area contributed by atoms with E-state index in [4.69, 9.17) is 9.11 Å². The van der Waals surface area contributed by atoms with Crippen molar-refractivity contribution in [2.75, 3.05) is 44.4 Å². The molecule has 0 spiro atoms. The molecule has 4 unspecified atom stereocenters. The molecule has 8 nitrogen and oxygen atoms in total. The number of carbonyl (C=O) groups excluding carboxylic acids is 1. The molecular weight excluding hydrogens is 584 g/mol. The molecule has 4 aromatic rings. The number of anilines is 1. The van der Waals surface area contributed by atoms with Crippen LogP contribution in [-0.4, -0.2) is 69.1 Å². The van der Waals surface area contributed by atoms with E-state index >= 15 is 0 Å². The lowest BCUT2D eigenvalue weighted by Crippen LogP contribution is -2.63. The first-order valence-electron chi connectivity index (χ1n) is 16.8. The lowest BCUT2D eigenvalue weighted by atomic mass is 9.78. The molecule has 8 rings (SSSR count). The number of benzene rings is 2. The Hall–Kier alpha value is -3.56. The molecule has 236 valence electrons. The second kappa shape index (κ2) is 11.7. The summed E-state index contributed by atoms with van der Waals surface area (Å²) in [5.41, 5.74) is 2.63. The van der Waals surface area contributed by atoms with Gasteiger partial charge in [0.25, 0.3) is 0 Å². The minimum absolute atomic E-state index is 0.271. The summed E-state index contributed by atoms with van der Waals surface area (Å²) in [5, 5.41) is 23.8. The van der Waals surface area contributed by atoms with Crippen molar-refractivity contribution < 1.29 is 24.2 Å². The van der Waals surface area contributed by atoms with Crippen molar-refractivity contribution in [1.82, 2.24) is 8.94 Å². The number of rotatable bonds is 8. The molecule has 45 heavy (non-hydrogen) atoms. The van der Waals surface area contributed by atoms with E-state index in [-0.39, 0.29) is 5.97 Å². The van der Waals surface area contributed by atoms with Crippen molar-refractivity contribution in [2.24, 2.45) is 11.8 Å². The molecule has 1 aliphatic heterocycles. The predicted octanol–water partition coefficient (Wildman–Crippen LogP) is 6.83. The first kappa shape index (κ1) is 28.9. The second-order valence-corrected chi connectivity index (χ2v) is 14.8. The van der Waals surface area contributed by atoms with Crippen LogP contribution in [0.1, 0.15) is 78.3 Å². The van der Waals surface area contributed by atoms with Crippen LogP contribution in [0.5, 0.6) is 11.8 Å². The van der Waals surface area contributed by atoms with Gasteiger partial charge in [-0.1, -0.05) is 43.2 Å². The zero-order chi connectivity index (χ0) is 30.5. The highest BCUT2D eigenvalue weighted by molar-refractivity contribution is 7.13. The third-order valence-corrected chi connectivity index (χ3v) is 12.3. The fourth-order valence-electron chi connectivity index (χ4n) is 9.03. The Morgan fingerprint density at radius 3 is 2.29 bits per heavy atom. The Bertz CT molecular complexity index is 1660. The monoisotopic (exact) mass is 627 g/mol. The standard InChI is InChI=1S/C36H42N4O4S/c41-34-31-25-14-15-26(20-25)32(31)35(42)39(34)21-27-10-4-5-11-28(27)22-40(23-44-36(43)24-8-2-1-3-9-24)18-16-38(17-19-40)33-29-12-6-7-13-30(29)45-37-33/h1-3,6-9,12-13,25-28H,4-5,10-11,14-23H2,(H-,41,42)/p+1. The van der Waals surface area contributed by atoms with Gasteiger partial charge in [0.2, 0.25) is 6.73 Å². The largest absolute Gasteiger partial charge is 0.494 e. The molecule has 2 aromatic heterocycles. The van der Waals surface area contributed by atoms with Crippen molar-refractivity contribution >= 4 is 33.4 Å². The normalized spacial score (nSPS) is 25.5. The van der Waals surface area contributed by atoms with Crippen molar-refractivity contribution in [2.45, 2.75) is 63.3 Å². The molecular formula is C36H43N4O4S+. The Balaban J connectivity index is 1.03. The average molecular weight is 628 g/mol. The first-order valence-corrected chi connectivity index (χ1v) is 17.6. The van der Waals surface area contributed by atoms with Crippen molar-refractivity contribution in [3.8, 4) is 11.8 Å². The van der Waals surface area contributed by atoms with Crippen LogP contribution < -0.4 is 4.90 Å². The van der Waals surface area contributed by atoms with E-state index in [9.17, 15) is 15.0 Å². The van der Waals surface area contributed by atoms with Gasteiger partial charge in [0.15, 0.2) is 17.6 Å². The van der Waals surface area contributed by atoms with Crippen molar-refractivity contribution in [3.05, 3.63) is 71.3 Å². The van der Waals surface area contributed by atoms with Gasteiger partial charge >= 0.3 is 5.97 Å². The van der Waals surface area contributed by atoms with Crippen LogP contribution in [0.3, 0.4) is 0 Å². The lowest BCUT2D eigenvalue weighted by molar-refractivity contribution is -0.947. The number of nitrogens with zero attached hydrogens (tertiary/aromatic N) is 4. The van der Waals surface area contributed by atoms with Gasteiger partial charge < -0.3 is 19.8 Å². The fourth-order valence-corrected chi connectivity index (χ4v) is 9.83. The van der Waals surface area contributed by atoms with Crippen LogP contribution in [0.2, 0.25) is 0 Å². The number of quaternary nitrogens is 1. The summed E-state index contributed by atoms with van der Waals surface area (Å²) in [6.07, 6.45) is 7.88. The fraction of sp³-hybridized carbons (Fsp3) is 0.500. The maximum absolute atomic E-state index is 13.1. The second-order valence-electron chi connectivity index (χ2n) is 14.0. The quantitative estimate of drug-likeness (QED) is 0.165. The topological polar surface area (TPSA) is 87.8 Å². The highest BCUT2D eigenvalue weighted by Crippen LogP contribution is 2.60. The van der Waals surface area contributed by atoms with E-state index in [0.717, 1.165) is 86.3 Å². The number of aromatic nitrogens is 2. The highest BCUT2D eigenvalue weighted by Gasteiger charge is 2.45. The molecule has 2 bridgehead atoms. The van der Waals surface area contributed by atoms with Crippen molar-refractivity contribution in [3.63, 3.8) is 0 Å². The predicted molar refractivity (Wildman–Crippen MR) is 176 cm³/mol. The van der Waals surface area contributed by atoms with Crippen LogP contribution in [0, 0.1) is 11.8 Å². The number of fused-ring (bicyclic) bond motifs is 6. The zero-order valence-electron chi connectivity index (χ0n) is 25.8. The van der Waals surface area contributed by atoms with Gasteiger partial charge in [-0.05, 0) is 85.7 Å². The van der Waals surface area contributed by atoms with Crippen LogP contribution >= 0.6 is 11.5 Å². The number of piperazine rings is 1. The molecule has 0 radical (unpaired) electrons. The van der Waals surface area contributed by atoms with E-state index in [1.165, 1.54) is 22.9 Å². The summed E-state index contributed by atoms with van der Waals surface area (Å²) in [5.74, 6) is 2.97. The molecule has 0 amide bonds. The van der Waals surface area contributed by atoms with E-state index in [0.29, 0.717) is 54.3 Å². The Labute approximate surface area is 268 Å². The highest BCUT2D eigenvalue weighted by atomic mass is 32.1. The van der Waals surface area contributed by atoms with E-state index in [1.54, 1.807) is 11.5 Å². The van der Waals surface area contributed by atoms with E-state index in [1.807, 2.05) is 34.9 Å². The van der Waals surface area contributed by atoms with E-state index in [2.05, 4.69) is 29.2 Å². The average Bonchev–Trinajstić information content (AvgIpc) is 3.86. The number of ether oxygens (including phenoxy) is 1. The Morgan fingerprint density at radius 2 is 1.56 bits per heavy atom. The van der Waals surface area contributed by atoms with Crippen LogP contribution in [-0.2, 0) is 11.3 Å². The van der Waals surface area contributed by atoms with Gasteiger partial charge in [-0.2, -0.15) is 4.37 Å². The number of aromatic hydroxyl groups is 2. The molecule has 2 saturated carbocycles. The number of esters is 1. The number of carbonyl (C=O) groups is 1. The number of hydrogen-bond donors (Lipinski definition) is 2. The smallest absolute Gasteiger partial charge is 0.342 e. The number of hydrogen-bond acceptors (Lipinski definition) is 7. The summed E-state index contributed by atoms with van der Waals surface area (Å²) in [6.45, 7) is 5.36. The molecule has 9 heteroatoms. The van der Waals surface area contributed by atoms with Gasteiger partial charge in [0, 0.05) is 29.0 Å². The molecule has 3 fully saturated rings. The molecule has 3 aliphatic carbocycles. The Kier molecular flexibility index (Phi) is 7.49. The summed E-state index contributed by atoms with van der Waals surface area (Å²) < 4.78 is 14.7. The third-order valence-electron chi connectivity index (χ3n) is 11.5. The molecule has 2 N–H and O–H groups in total. The van der Waals surface area contributed by atoms with Gasteiger partial charge in [0.05, 0.1) is 43.0 Å². The Morgan fingerprint density at radius 1 is 0.889 bits per heavy atom. The van der Waals surface area contributed by atoms with E-state index < -0.39 is 0 Å². The lowest BCUT2D eigenvalue weighted by Gasteiger charge is -2.47. The van der Waals surface area contributed by atoms with Gasteiger partial charge in [0.1, 0.15) is 0 Å². The summed E-state index contributed by atoms with van der Waals surface area (Å²) in [6, 6.07) is 17.7. The minimum Gasteiger partial charge on any atom is -0.494 e. The summed E-state index contributed by atoms with van der Waals surface area (Å²) >= 11 is 1.55. The first-order chi connectivity index (χ1) is 22.0. The van der Waals surface area contributed by atoms with Gasteiger partial charge in [-0.15, -0.1) is 0 Å². The third kappa shape index (κ3) is 5.18. The molecule has 2 aromatic carbocycles.